The zero-order valence-electron chi connectivity index (χ0n) is 15.5. The van der Waals surface area contributed by atoms with E-state index in [1.165, 1.54) is 0 Å². The maximum Gasteiger partial charge on any atom is 0.408 e. The van der Waals surface area contributed by atoms with Gasteiger partial charge in [0.05, 0.1) is 6.61 Å². The van der Waals surface area contributed by atoms with Crippen LogP contribution in [-0.2, 0) is 19.7 Å². The third-order valence-electron chi connectivity index (χ3n) is 5.22. The number of alkyl carbamates (subject to hydrolysis) is 1. The fourth-order valence-corrected chi connectivity index (χ4v) is 4.19. The van der Waals surface area contributed by atoms with E-state index in [2.05, 4.69) is 5.32 Å². The van der Waals surface area contributed by atoms with E-state index < -0.39 is 35.7 Å². The summed E-state index contributed by atoms with van der Waals surface area (Å²) >= 11 is 6.43. The molecule has 0 radical (unpaired) electrons. The van der Waals surface area contributed by atoms with Gasteiger partial charge in [0.25, 0.3) is 0 Å². The highest BCUT2D eigenvalue weighted by Crippen LogP contribution is 2.42. The third kappa shape index (κ3) is 3.95. The quantitative estimate of drug-likeness (QED) is 0.768. The normalized spacial score (nSPS) is 26.8. The van der Waals surface area contributed by atoms with Crippen molar-refractivity contribution in [3.8, 4) is 0 Å². The molecule has 2 aromatic carbocycles. The van der Waals surface area contributed by atoms with E-state index in [9.17, 15) is 13.6 Å². The highest BCUT2D eigenvalue weighted by atomic mass is 35.5. The van der Waals surface area contributed by atoms with Crippen LogP contribution >= 0.6 is 11.6 Å². The van der Waals surface area contributed by atoms with Gasteiger partial charge in [0, 0.05) is 23.3 Å². The number of rotatable bonds is 5. The van der Waals surface area contributed by atoms with E-state index in [0.29, 0.717) is 17.2 Å². The second-order valence-electron chi connectivity index (χ2n) is 7.09. The summed E-state index contributed by atoms with van der Waals surface area (Å²) in [6.07, 6.45) is 0.594. The van der Waals surface area contributed by atoms with Gasteiger partial charge in [0.15, 0.2) is 12.4 Å². The Kier molecular flexibility index (Phi) is 5.72. The number of halogens is 3. The topological polar surface area (TPSA) is 56.8 Å². The summed E-state index contributed by atoms with van der Waals surface area (Å²) in [5.74, 6) is -1.55. The van der Waals surface area contributed by atoms with Gasteiger partial charge in [0.2, 0.25) is 0 Å². The van der Waals surface area contributed by atoms with Crippen LogP contribution in [-0.4, -0.2) is 31.7 Å². The molecule has 2 aromatic rings. The molecule has 2 aliphatic heterocycles. The van der Waals surface area contributed by atoms with E-state index >= 15 is 0 Å². The van der Waals surface area contributed by atoms with Gasteiger partial charge >= 0.3 is 6.09 Å². The van der Waals surface area contributed by atoms with Crippen molar-refractivity contribution in [1.29, 1.82) is 0 Å². The van der Waals surface area contributed by atoms with Crippen molar-refractivity contribution >= 4 is 17.7 Å². The molecule has 1 N–H and O–H groups in total. The van der Waals surface area contributed by atoms with E-state index in [1.807, 2.05) is 0 Å². The van der Waals surface area contributed by atoms with Crippen LogP contribution in [0.5, 0.6) is 0 Å². The third-order valence-corrected chi connectivity index (χ3v) is 5.55. The molecule has 1 amide bonds. The Hall–Kier alpha value is -2.22. The number of hydrogen-bond donors (Lipinski definition) is 1. The smallest absolute Gasteiger partial charge is 0.408 e. The van der Waals surface area contributed by atoms with Crippen LogP contribution in [0.3, 0.4) is 0 Å². The lowest BCUT2D eigenvalue weighted by molar-refractivity contribution is -0.176. The summed E-state index contributed by atoms with van der Waals surface area (Å²) in [5.41, 5.74) is -0.796. The average Bonchev–Trinajstić information content (AvgIpc) is 3.04. The van der Waals surface area contributed by atoms with Crippen molar-refractivity contribution in [3.63, 3.8) is 0 Å². The largest absolute Gasteiger partial charge is 0.440 e. The zero-order chi connectivity index (χ0) is 20.4. The summed E-state index contributed by atoms with van der Waals surface area (Å²) in [6.45, 7) is 0.560. The number of amides is 1. The van der Waals surface area contributed by atoms with E-state index in [4.69, 9.17) is 25.8 Å². The molecule has 2 saturated heterocycles. The summed E-state index contributed by atoms with van der Waals surface area (Å²) < 4.78 is 45.1. The van der Waals surface area contributed by atoms with Gasteiger partial charge in [-0.25, -0.2) is 13.6 Å². The van der Waals surface area contributed by atoms with Gasteiger partial charge in [-0.05, 0) is 43.0 Å². The first-order valence-corrected chi connectivity index (χ1v) is 9.80. The van der Waals surface area contributed by atoms with Crippen molar-refractivity contribution in [2.24, 2.45) is 0 Å². The summed E-state index contributed by atoms with van der Waals surface area (Å²) in [5, 5.41) is 3.05. The summed E-state index contributed by atoms with van der Waals surface area (Å²) in [7, 11) is 0. The van der Waals surface area contributed by atoms with E-state index in [0.717, 1.165) is 37.5 Å². The van der Waals surface area contributed by atoms with Gasteiger partial charge in [-0.1, -0.05) is 29.8 Å². The molecule has 29 heavy (non-hydrogen) atoms. The Morgan fingerprint density at radius 1 is 1.17 bits per heavy atom. The van der Waals surface area contributed by atoms with Gasteiger partial charge in [-0.3, -0.25) is 0 Å². The standard InChI is InChI=1S/C21H20ClF2NO4/c22-17-6-2-1-5-16(17)21(13-9-14(23)11-15(24)10-13)18(29-20(26)25-21)12-28-19-7-3-4-8-27-19/h1-2,5-6,9-11,18-19H,3-4,7-8,12H2,(H,25,26). The molecule has 3 unspecified atom stereocenters. The number of cyclic esters (lactones) is 1. The minimum absolute atomic E-state index is 0.0350. The predicted molar refractivity (Wildman–Crippen MR) is 102 cm³/mol. The fourth-order valence-electron chi connectivity index (χ4n) is 3.90. The minimum atomic E-state index is -1.42. The first-order valence-electron chi connectivity index (χ1n) is 9.42. The Morgan fingerprint density at radius 2 is 1.93 bits per heavy atom. The van der Waals surface area contributed by atoms with Gasteiger partial charge in [-0.15, -0.1) is 0 Å². The molecule has 5 nitrogen and oxygen atoms in total. The number of carbonyl (C=O) groups excluding carboxylic acids is 1. The molecule has 0 saturated carbocycles. The first kappa shape index (κ1) is 20.1. The summed E-state index contributed by atoms with van der Waals surface area (Å²) in [4.78, 5) is 12.3. The van der Waals surface area contributed by atoms with Crippen LogP contribution in [0.15, 0.2) is 42.5 Å². The number of nitrogens with one attached hydrogen (secondary N) is 1. The molecule has 0 spiro atoms. The molecule has 3 atom stereocenters. The number of hydrogen-bond acceptors (Lipinski definition) is 4. The molecular formula is C21H20ClF2NO4. The molecule has 8 heteroatoms. The number of carbonyl (C=O) groups is 1. The Morgan fingerprint density at radius 3 is 2.62 bits per heavy atom. The van der Waals surface area contributed by atoms with Crippen molar-refractivity contribution < 1.29 is 27.8 Å². The van der Waals surface area contributed by atoms with Crippen molar-refractivity contribution in [2.75, 3.05) is 13.2 Å². The molecular weight excluding hydrogens is 404 g/mol. The monoisotopic (exact) mass is 423 g/mol. The Bertz CT molecular complexity index is 886. The molecule has 2 fully saturated rings. The maximum atomic E-state index is 14.1. The van der Waals surface area contributed by atoms with Gasteiger partial charge in [-0.2, -0.15) is 0 Å². The molecule has 154 valence electrons. The first-order chi connectivity index (χ1) is 14.0. The Labute approximate surface area is 171 Å². The molecule has 4 rings (SSSR count). The lowest BCUT2D eigenvalue weighted by Crippen LogP contribution is -2.49. The minimum Gasteiger partial charge on any atom is -0.440 e. The number of benzene rings is 2. The molecule has 0 aromatic heterocycles. The molecule has 2 heterocycles. The average molecular weight is 424 g/mol. The van der Waals surface area contributed by atoms with Crippen LogP contribution in [0.4, 0.5) is 13.6 Å². The van der Waals surface area contributed by atoms with E-state index in [-0.39, 0.29) is 12.2 Å². The van der Waals surface area contributed by atoms with Crippen LogP contribution < -0.4 is 5.32 Å². The van der Waals surface area contributed by atoms with E-state index in [1.54, 1.807) is 24.3 Å². The van der Waals surface area contributed by atoms with Crippen LogP contribution in [0.2, 0.25) is 5.02 Å². The zero-order valence-corrected chi connectivity index (χ0v) is 16.3. The van der Waals surface area contributed by atoms with Crippen molar-refractivity contribution in [2.45, 2.75) is 37.2 Å². The lowest BCUT2D eigenvalue weighted by atomic mass is 9.78. The molecule has 0 bridgehead atoms. The van der Waals surface area contributed by atoms with Gasteiger partial charge < -0.3 is 19.5 Å². The Balaban J connectivity index is 1.77. The summed E-state index contributed by atoms with van der Waals surface area (Å²) in [6, 6.07) is 9.86. The highest BCUT2D eigenvalue weighted by molar-refractivity contribution is 6.31. The predicted octanol–water partition coefficient (Wildman–Crippen LogP) is 4.51. The second kappa shape index (κ2) is 8.26. The maximum absolute atomic E-state index is 14.1. The SMILES string of the molecule is O=C1NC(c2cc(F)cc(F)c2)(c2ccccc2Cl)C(COC2CCCCO2)O1. The fraction of sp³-hybridized carbons (Fsp3) is 0.381. The molecule has 0 aliphatic carbocycles. The van der Waals surface area contributed by atoms with Crippen molar-refractivity contribution in [3.05, 3.63) is 70.2 Å². The van der Waals surface area contributed by atoms with Crippen LogP contribution in [0, 0.1) is 11.6 Å². The number of ether oxygens (including phenoxy) is 3. The van der Waals surface area contributed by atoms with Crippen LogP contribution in [0.25, 0.3) is 0 Å². The molecule has 2 aliphatic rings. The second-order valence-corrected chi connectivity index (χ2v) is 7.50. The highest BCUT2D eigenvalue weighted by Gasteiger charge is 2.53. The van der Waals surface area contributed by atoms with Gasteiger partial charge in [0.1, 0.15) is 17.2 Å². The van der Waals surface area contributed by atoms with Crippen molar-refractivity contribution in [1.82, 2.24) is 5.32 Å². The lowest BCUT2D eigenvalue weighted by Gasteiger charge is -2.35. The van der Waals surface area contributed by atoms with Crippen LogP contribution in [0.1, 0.15) is 30.4 Å².